The summed E-state index contributed by atoms with van der Waals surface area (Å²) in [4.78, 5) is 6.82. The van der Waals surface area contributed by atoms with Crippen molar-refractivity contribution in [3.63, 3.8) is 0 Å². The maximum atomic E-state index is 5.83. The van der Waals surface area contributed by atoms with E-state index < -0.39 is 0 Å². The van der Waals surface area contributed by atoms with Crippen molar-refractivity contribution in [2.24, 2.45) is 0 Å². The largest absolute Gasteiger partial charge is 0.497 e. The van der Waals surface area contributed by atoms with Crippen LogP contribution in [-0.2, 0) is 6.54 Å². The van der Waals surface area contributed by atoms with Gasteiger partial charge in [-0.2, -0.15) is 4.98 Å². The highest BCUT2D eigenvalue weighted by Gasteiger charge is 2.34. The molecule has 4 aromatic rings. The molecule has 1 aliphatic rings. The third kappa shape index (κ3) is 4.55. The van der Waals surface area contributed by atoms with Crippen LogP contribution in [0.3, 0.4) is 0 Å². The number of hydrogen-bond donors (Lipinski definition) is 1. The van der Waals surface area contributed by atoms with Crippen LogP contribution in [0, 0.1) is 0 Å². The molecule has 1 aromatic heterocycles. The number of aromatic nitrogens is 2. The lowest BCUT2D eigenvalue weighted by Gasteiger charge is -2.37. The highest BCUT2D eigenvalue weighted by molar-refractivity contribution is 7.80. The van der Waals surface area contributed by atoms with E-state index in [4.69, 9.17) is 31.2 Å². The second-order valence-electron chi connectivity index (χ2n) is 8.34. The topological polar surface area (TPSA) is 72.7 Å². The molecule has 0 saturated carbocycles. The molecular formula is C28H26N4O3S. The lowest BCUT2D eigenvalue weighted by Crippen LogP contribution is -2.45. The molecule has 1 aliphatic heterocycles. The summed E-state index contributed by atoms with van der Waals surface area (Å²) in [6.45, 7) is 2.57. The average Bonchev–Trinajstić information content (AvgIpc) is 3.41. The minimum Gasteiger partial charge on any atom is -0.497 e. The first-order chi connectivity index (χ1) is 17.6. The van der Waals surface area contributed by atoms with E-state index >= 15 is 0 Å². The molecule has 0 aliphatic carbocycles. The Morgan fingerprint density at radius 3 is 2.39 bits per heavy atom. The average molecular weight is 499 g/mol. The monoisotopic (exact) mass is 498 g/mol. The molecule has 7 nitrogen and oxygen atoms in total. The number of para-hydroxylation sites is 1. The van der Waals surface area contributed by atoms with Crippen LogP contribution in [0.4, 0.5) is 0 Å². The fraction of sp³-hybridized carbons (Fsp3) is 0.179. The van der Waals surface area contributed by atoms with E-state index in [9.17, 15) is 0 Å². The van der Waals surface area contributed by atoms with E-state index in [1.54, 1.807) is 14.2 Å². The molecule has 0 saturated heterocycles. The third-order valence-electron chi connectivity index (χ3n) is 6.25. The Bertz CT molecular complexity index is 1400. The third-order valence-corrected chi connectivity index (χ3v) is 6.59. The number of hydrogen-bond acceptors (Lipinski definition) is 6. The first kappa shape index (κ1) is 23.6. The Balaban J connectivity index is 1.58. The normalized spacial score (nSPS) is 15.6. The van der Waals surface area contributed by atoms with Gasteiger partial charge in [-0.25, -0.2) is 0 Å². The molecule has 5 rings (SSSR count). The van der Waals surface area contributed by atoms with E-state index in [0.29, 0.717) is 23.4 Å². The summed E-state index contributed by atoms with van der Waals surface area (Å²) in [6, 6.07) is 25.4. The molecular weight excluding hydrogens is 472 g/mol. The van der Waals surface area contributed by atoms with Gasteiger partial charge in [-0.3, -0.25) is 0 Å². The van der Waals surface area contributed by atoms with Crippen molar-refractivity contribution in [2.75, 3.05) is 14.2 Å². The van der Waals surface area contributed by atoms with Gasteiger partial charge in [0.25, 0.3) is 5.89 Å². The highest BCUT2D eigenvalue weighted by Crippen LogP contribution is 2.38. The fourth-order valence-corrected chi connectivity index (χ4v) is 4.66. The van der Waals surface area contributed by atoms with Gasteiger partial charge < -0.3 is 24.2 Å². The van der Waals surface area contributed by atoms with Crippen molar-refractivity contribution < 1.29 is 14.0 Å². The Morgan fingerprint density at radius 1 is 0.944 bits per heavy atom. The lowest BCUT2D eigenvalue weighted by molar-refractivity contribution is 0.387. The minimum absolute atomic E-state index is 0.239. The van der Waals surface area contributed by atoms with Gasteiger partial charge in [-0.05, 0) is 55.0 Å². The van der Waals surface area contributed by atoms with Gasteiger partial charge >= 0.3 is 0 Å². The number of methoxy groups -OCH3 is 2. The highest BCUT2D eigenvalue weighted by atomic mass is 32.1. The predicted molar refractivity (Wildman–Crippen MR) is 142 cm³/mol. The number of thiocarbonyl (C=S) groups is 1. The van der Waals surface area contributed by atoms with E-state index in [1.165, 1.54) is 0 Å². The summed E-state index contributed by atoms with van der Waals surface area (Å²) >= 11 is 5.83. The smallest absolute Gasteiger partial charge is 0.258 e. The first-order valence-electron chi connectivity index (χ1n) is 11.5. The fourth-order valence-electron chi connectivity index (χ4n) is 4.34. The van der Waals surface area contributed by atoms with Gasteiger partial charge in [0.2, 0.25) is 5.82 Å². The van der Waals surface area contributed by atoms with Crippen molar-refractivity contribution in [3.8, 4) is 22.9 Å². The van der Waals surface area contributed by atoms with Crippen LogP contribution in [0.5, 0.6) is 11.5 Å². The summed E-state index contributed by atoms with van der Waals surface area (Å²) in [5, 5.41) is 8.39. The Labute approximate surface area is 215 Å². The van der Waals surface area contributed by atoms with E-state index in [-0.39, 0.29) is 6.04 Å². The van der Waals surface area contributed by atoms with Gasteiger partial charge in [0.05, 0.1) is 32.4 Å². The number of nitrogens with zero attached hydrogens (tertiary/aromatic N) is 3. The molecule has 0 radical (unpaired) electrons. The van der Waals surface area contributed by atoms with Gasteiger partial charge in [-0.1, -0.05) is 53.7 Å². The maximum absolute atomic E-state index is 5.83. The zero-order valence-corrected chi connectivity index (χ0v) is 21.1. The Hall–Kier alpha value is -4.17. The molecule has 2 heterocycles. The minimum atomic E-state index is -0.239. The quantitative estimate of drug-likeness (QED) is 0.329. The molecule has 3 aromatic carbocycles. The van der Waals surface area contributed by atoms with Crippen molar-refractivity contribution in [3.05, 3.63) is 102 Å². The van der Waals surface area contributed by atoms with Crippen LogP contribution in [-0.4, -0.2) is 34.4 Å². The summed E-state index contributed by atoms with van der Waals surface area (Å²) in [5.41, 5.74) is 4.71. The van der Waals surface area contributed by atoms with E-state index in [2.05, 4.69) is 22.6 Å². The van der Waals surface area contributed by atoms with Crippen LogP contribution in [0.2, 0.25) is 0 Å². The molecule has 1 N–H and O–H groups in total. The SMILES string of the molecule is COc1ccc(-c2noc(C3=C(C)N(Cc4ccccc4OC)C(=S)NC3c3ccccc3)n2)cc1. The van der Waals surface area contributed by atoms with Crippen molar-refractivity contribution in [1.29, 1.82) is 0 Å². The van der Waals surface area contributed by atoms with Gasteiger partial charge in [0, 0.05) is 16.8 Å². The number of ether oxygens (including phenoxy) is 2. The molecule has 1 atom stereocenters. The van der Waals surface area contributed by atoms with Crippen molar-refractivity contribution in [2.45, 2.75) is 19.5 Å². The molecule has 0 fully saturated rings. The second-order valence-corrected chi connectivity index (χ2v) is 8.73. The molecule has 182 valence electrons. The van der Waals surface area contributed by atoms with Crippen LogP contribution in [0.15, 0.2) is 89.1 Å². The number of nitrogens with one attached hydrogen (secondary N) is 1. The zero-order chi connectivity index (χ0) is 25.1. The summed E-state index contributed by atoms with van der Waals surface area (Å²) in [7, 11) is 3.31. The molecule has 0 amide bonds. The molecule has 8 heteroatoms. The van der Waals surface area contributed by atoms with Gasteiger partial charge in [0.1, 0.15) is 11.5 Å². The van der Waals surface area contributed by atoms with Gasteiger partial charge in [0.15, 0.2) is 5.11 Å². The van der Waals surface area contributed by atoms with Crippen LogP contribution in [0.25, 0.3) is 17.0 Å². The molecule has 0 spiro atoms. The van der Waals surface area contributed by atoms with Gasteiger partial charge in [-0.15, -0.1) is 0 Å². The lowest BCUT2D eigenvalue weighted by atomic mass is 9.94. The maximum Gasteiger partial charge on any atom is 0.258 e. The zero-order valence-electron chi connectivity index (χ0n) is 20.3. The van der Waals surface area contributed by atoms with Crippen LogP contribution in [0.1, 0.15) is 30.0 Å². The summed E-state index contributed by atoms with van der Waals surface area (Å²) < 4.78 is 16.7. The second kappa shape index (κ2) is 10.2. The summed E-state index contributed by atoms with van der Waals surface area (Å²) in [5.74, 6) is 2.51. The van der Waals surface area contributed by atoms with Crippen molar-refractivity contribution >= 4 is 22.9 Å². The first-order valence-corrected chi connectivity index (χ1v) is 11.9. The standard InChI is InChI=1S/C28H26N4O3S/c1-18-24(27-30-26(31-35-27)20-13-15-22(33-2)16-14-20)25(19-9-5-4-6-10-19)29-28(36)32(18)17-21-11-7-8-12-23(21)34-3/h4-16,25H,17H2,1-3H3,(H,29,36). The molecule has 36 heavy (non-hydrogen) atoms. The Kier molecular flexibility index (Phi) is 6.69. The van der Waals surface area contributed by atoms with Crippen LogP contribution < -0.4 is 14.8 Å². The molecule has 0 bridgehead atoms. The predicted octanol–water partition coefficient (Wildman–Crippen LogP) is 5.62. The molecule has 1 unspecified atom stereocenters. The van der Waals surface area contributed by atoms with E-state index in [1.807, 2.05) is 78.6 Å². The Morgan fingerprint density at radius 2 is 1.67 bits per heavy atom. The number of allylic oxidation sites excluding steroid dienone is 1. The van der Waals surface area contributed by atoms with E-state index in [0.717, 1.165) is 39.5 Å². The van der Waals surface area contributed by atoms with Crippen LogP contribution >= 0.6 is 12.2 Å². The van der Waals surface area contributed by atoms with Crippen molar-refractivity contribution in [1.82, 2.24) is 20.4 Å². The summed E-state index contributed by atoms with van der Waals surface area (Å²) in [6.07, 6.45) is 0. The number of rotatable bonds is 7. The number of benzene rings is 3.